The molecule has 0 aliphatic carbocycles. The van der Waals surface area contributed by atoms with Crippen molar-refractivity contribution in [2.45, 2.75) is 78.6 Å². The van der Waals surface area contributed by atoms with Gasteiger partial charge in [-0.2, -0.15) is 0 Å². The molecule has 14 aromatic rings. The summed E-state index contributed by atoms with van der Waals surface area (Å²) in [6.45, 7) is 21.1. The standard InChI is InChI=1S/C69H59N5/c1-67(2,3)43-35-53-54-38-45(69(7,8)9)40-59(71(46-25-14-10-15-26-46)47-27-16-11-17-28-47)63(54)74-61(53)55(37-43)56-41-58-60(70-66(56)74)57-39-44(68(4,5)6)36-52-51-34-42-24-22-23-33-50(42)64(65(51)73(58)62(52)57)72(48-29-18-12-19-30-48)49-31-20-13-21-32-49/h10-41H,1-9H3. The summed E-state index contributed by atoms with van der Waals surface area (Å²) in [5.41, 5.74) is 18.1. The van der Waals surface area contributed by atoms with Crippen LogP contribution in [-0.2, 0) is 16.2 Å². The molecule has 0 saturated heterocycles. The Balaban J connectivity index is 1.21. The van der Waals surface area contributed by atoms with Crippen LogP contribution in [0, 0.1) is 0 Å². The lowest BCUT2D eigenvalue weighted by Crippen LogP contribution is -2.15. The Hall–Kier alpha value is -8.41. The zero-order valence-corrected chi connectivity index (χ0v) is 43.7. The molecule has 74 heavy (non-hydrogen) atoms. The highest BCUT2D eigenvalue weighted by Crippen LogP contribution is 2.53. The quantitative estimate of drug-likeness (QED) is 0.166. The van der Waals surface area contributed by atoms with Crippen LogP contribution in [0.2, 0.25) is 0 Å². The predicted molar refractivity (Wildman–Crippen MR) is 317 cm³/mol. The lowest BCUT2D eigenvalue weighted by molar-refractivity contribution is 0.591. The number of rotatable bonds is 6. The largest absolute Gasteiger partial charge is 0.308 e. The molecule has 0 amide bonds. The minimum Gasteiger partial charge on any atom is -0.308 e. The molecule has 360 valence electrons. The van der Waals surface area contributed by atoms with Gasteiger partial charge in [0.1, 0.15) is 5.65 Å². The summed E-state index contributed by atoms with van der Waals surface area (Å²) in [5.74, 6) is 0. The molecule has 0 radical (unpaired) electrons. The molecule has 5 heteroatoms. The number of benzene rings is 9. The number of anilines is 6. The van der Waals surface area contributed by atoms with E-state index < -0.39 is 0 Å². The van der Waals surface area contributed by atoms with Crippen LogP contribution in [0.4, 0.5) is 34.1 Å². The second-order valence-electron chi connectivity index (χ2n) is 23.7. The van der Waals surface area contributed by atoms with Gasteiger partial charge in [0, 0.05) is 65.8 Å². The molecule has 9 aromatic carbocycles. The number of hydrogen-bond donors (Lipinski definition) is 0. The van der Waals surface area contributed by atoms with Gasteiger partial charge in [0.15, 0.2) is 0 Å². The van der Waals surface area contributed by atoms with Crippen LogP contribution in [0.25, 0.3) is 87.2 Å². The van der Waals surface area contributed by atoms with Crippen molar-refractivity contribution in [2.24, 2.45) is 0 Å². The molecular weight excluding hydrogens is 899 g/mol. The van der Waals surface area contributed by atoms with Gasteiger partial charge in [-0.1, -0.05) is 159 Å². The summed E-state index contributed by atoms with van der Waals surface area (Å²) in [4.78, 5) is 11.0. The Morgan fingerprint density at radius 3 is 1.26 bits per heavy atom. The maximum absolute atomic E-state index is 6.11. The zero-order chi connectivity index (χ0) is 50.6. The molecule has 0 fully saturated rings. The van der Waals surface area contributed by atoms with Crippen molar-refractivity contribution in [3.63, 3.8) is 0 Å². The van der Waals surface area contributed by atoms with Gasteiger partial charge in [-0.3, -0.25) is 4.40 Å². The van der Waals surface area contributed by atoms with E-state index in [2.05, 4.69) is 275 Å². The SMILES string of the molecule is CC(C)(C)c1cc(N(c2ccccc2)c2ccccc2)c2c(c1)c1cc(C(C)(C)C)cc3c4cc5c(nc4n2c31)c1cc(C(C)(C)C)cc2c3cc4ccccc4c(N(c4ccccc4)c4ccccc4)c3n5c21. The van der Waals surface area contributed by atoms with E-state index in [0.29, 0.717) is 0 Å². The first-order valence-corrected chi connectivity index (χ1v) is 26.2. The van der Waals surface area contributed by atoms with E-state index in [1.165, 1.54) is 76.3 Å². The van der Waals surface area contributed by atoms with Crippen molar-refractivity contribution in [2.75, 3.05) is 9.80 Å². The maximum atomic E-state index is 6.11. The highest BCUT2D eigenvalue weighted by molar-refractivity contribution is 6.31. The van der Waals surface area contributed by atoms with E-state index in [0.717, 1.165) is 61.7 Å². The summed E-state index contributed by atoms with van der Waals surface area (Å²) in [7, 11) is 0. The smallest absolute Gasteiger partial charge is 0.146 e. The van der Waals surface area contributed by atoms with E-state index in [4.69, 9.17) is 4.98 Å². The van der Waals surface area contributed by atoms with Crippen LogP contribution < -0.4 is 9.80 Å². The summed E-state index contributed by atoms with van der Waals surface area (Å²) in [5, 5.41) is 10.9. The third-order valence-electron chi connectivity index (χ3n) is 15.9. The average Bonchev–Trinajstić information content (AvgIpc) is 4.12. The molecule has 0 aliphatic heterocycles. The number of aromatic nitrogens is 3. The second kappa shape index (κ2) is 15.6. The number of para-hydroxylation sites is 4. The van der Waals surface area contributed by atoms with Gasteiger partial charge >= 0.3 is 0 Å². The van der Waals surface area contributed by atoms with Gasteiger partial charge in [0.2, 0.25) is 0 Å². The third-order valence-corrected chi connectivity index (χ3v) is 15.9. The van der Waals surface area contributed by atoms with Crippen molar-refractivity contribution in [3.05, 3.63) is 211 Å². The highest BCUT2D eigenvalue weighted by Gasteiger charge is 2.32. The first-order chi connectivity index (χ1) is 35.6. The molecule has 5 nitrogen and oxygen atoms in total. The molecule has 0 N–H and O–H groups in total. The maximum Gasteiger partial charge on any atom is 0.146 e. The van der Waals surface area contributed by atoms with Crippen LogP contribution in [-0.4, -0.2) is 13.8 Å². The lowest BCUT2D eigenvalue weighted by Gasteiger charge is -2.29. The Morgan fingerprint density at radius 2 is 0.743 bits per heavy atom. The summed E-state index contributed by atoms with van der Waals surface area (Å²) in [6.07, 6.45) is 0. The second-order valence-corrected chi connectivity index (χ2v) is 23.7. The van der Waals surface area contributed by atoms with Gasteiger partial charge in [0.05, 0.1) is 44.5 Å². The first-order valence-electron chi connectivity index (χ1n) is 26.2. The van der Waals surface area contributed by atoms with Gasteiger partial charge in [-0.25, -0.2) is 4.98 Å². The van der Waals surface area contributed by atoms with E-state index in [9.17, 15) is 0 Å². The Morgan fingerprint density at radius 1 is 0.338 bits per heavy atom. The van der Waals surface area contributed by atoms with Crippen molar-refractivity contribution in [3.8, 4) is 0 Å². The van der Waals surface area contributed by atoms with E-state index in [1.54, 1.807) is 0 Å². The summed E-state index contributed by atoms with van der Waals surface area (Å²) < 4.78 is 5.12. The number of pyridine rings is 1. The molecule has 0 atom stereocenters. The van der Waals surface area contributed by atoms with Gasteiger partial charge < -0.3 is 14.2 Å². The normalized spacial score (nSPS) is 12.9. The molecule has 5 heterocycles. The minimum absolute atomic E-state index is 0.118. The fourth-order valence-corrected chi connectivity index (χ4v) is 12.1. The van der Waals surface area contributed by atoms with E-state index in [-0.39, 0.29) is 16.2 Å². The molecule has 0 spiro atoms. The monoisotopic (exact) mass is 957 g/mol. The van der Waals surface area contributed by atoms with E-state index in [1.807, 2.05) is 0 Å². The van der Waals surface area contributed by atoms with Crippen LogP contribution in [0.5, 0.6) is 0 Å². The molecule has 0 saturated carbocycles. The van der Waals surface area contributed by atoms with Gasteiger partial charge in [-0.15, -0.1) is 0 Å². The molecule has 14 rings (SSSR count). The zero-order valence-electron chi connectivity index (χ0n) is 43.7. The predicted octanol–water partition coefficient (Wildman–Crippen LogP) is 19.4. The molecule has 0 aliphatic rings. The fraction of sp³-hybridized carbons (Fsp3) is 0.174. The van der Waals surface area contributed by atoms with Crippen LogP contribution in [0.1, 0.15) is 79.0 Å². The molecule has 0 bridgehead atoms. The molecular formula is C69H59N5. The highest BCUT2D eigenvalue weighted by atomic mass is 15.2. The van der Waals surface area contributed by atoms with Crippen LogP contribution in [0.3, 0.4) is 0 Å². The van der Waals surface area contributed by atoms with Crippen molar-refractivity contribution in [1.29, 1.82) is 0 Å². The average molecular weight is 958 g/mol. The number of nitrogens with zero attached hydrogens (tertiary/aromatic N) is 5. The molecule has 0 unspecified atom stereocenters. The number of hydrogen-bond acceptors (Lipinski definition) is 3. The minimum atomic E-state index is -0.126. The van der Waals surface area contributed by atoms with Gasteiger partial charge in [0.25, 0.3) is 0 Å². The van der Waals surface area contributed by atoms with Crippen molar-refractivity contribution < 1.29 is 0 Å². The van der Waals surface area contributed by atoms with Gasteiger partial charge in [-0.05, 0) is 135 Å². The molecule has 5 aromatic heterocycles. The number of fused-ring (bicyclic) bond motifs is 13. The van der Waals surface area contributed by atoms with Crippen molar-refractivity contribution in [1.82, 2.24) is 13.8 Å². The van der Waals surface area contributed by atoms with Crippen LogP contribution >= 0.6 is 0 Å². The fourth-order valence-electron chi connectivity index (χ4n) is 12.1. The summed E-state index contributed by atoms with van der Waals surface area (Å²) in [6, 6.07) is 72.2. The Labute approximate surface area is 432 Å². The first kappa shape index (κ1) is 44.3. The topological polar surface area (TPSA) is 28.2 Å². The van der Waals surface area contributed by atoms with E-state index >= 15 is 0 Å². The Kier molecular flexibility index (Phi) is 9.31. The van der Waals surface area contributed by atoms with Crippen LogP contribution in [0.15, 0.2) is 194 Å². The Bertz CT molecular complexity index is 4430. The van der Waals surface area contributed by atoms with Crippen molar-refractivity contribution >= 4 is 121 Å². The third kappa shape index (κ3) is 6.45. The summed E-state index contributed by atoms with van der Waals surface area (Å²) >= 11 is 0. The lowest BCUT2D eigenvalue weighted by atomic mass is 9.84.